The largest absolute Gasteiger partial charge is 0.380 e. The van der Waals surface area contributed by atoms with Crippen LogP contribution >= 0.6 is 0 Å². The first-order chi connectivity index (χ1) is 8.04. The van der Waals surface area contributed by atoms with Gasteiger partial charge in [0.1, 0.15) is 5.82 Å². The Morgan fingerprint density at radius 2 is 2.12 bits per heavy atom. The number of hydrogen-bond acceptors (Lipinski definition) is 3. The van der Waals surface area contributed by atoms with Crippen LogP contribution in [0.15, 0.2) is 18.2 Å². The second-order valence-electron chi connectivity index (χ2n) is 3.95. The van der Waals surface area contributed by atoms with Gasteiger partial charge in [-0.25, -0.2) is 4.39 Å². The predicted octanol–water partition coefficient (Wildman–Crippen LogP) is 1.39. The average molecular weight is 237 g/mol. The number of hydrogen-bond donors (Lipinski definition) is 0. The molecule has 1 aliphatic heterocycles. The molecule has 2 rings (SSSR count). The summed E-state index contributed by atoms with van der Waals surface area (Å²) in [4.78, 5) is 24.7. The van der Waals surface area contributed by atoms with Gasteiger partial charge in [-0.2, -0.15) is 0 Å². The average Bonchev–Trinajstić information content (AvgIpc) is 2.54. The summed E-state index contributed by atoms with van der Waals surface area (Å²) in [6.45, 7) is 2.07. The molecule has 5 heteroatoms. The fraction of sp³-hybridized carbons (Fsp3) is 0.333. The molecule has 1 amide bonds. The van der Waals surface area contributed by atoms with Gasteiger partial charge in [-0.05, 0) is 25.1 Å². The van der Waals surface area contributed by atoms with Crippen LogP contribution in [0.3, 0.4) is 0 Å². The highest BCUT2D eigenvalue weighted by atomic mass is 19.1. The lowest BCUT2D eigenvalue weighted by Gasteiger charge is -2.20. The van der Waals surface area contributed by atoms with E-state index in [-0.39, 0.29) is 18.2 Å². The molecule has 1 aromatic carbocycles. The van der Waals surface area contributed by atoms with Crippen molar-refractivity contribution in [3.63, 3.8) is 0 Å². The van der Waals surface area contributed by atoms with Gasteiger partial charge in [0.2, 0.25) is 0 Å². The smallest absolute Gasteiger partial charge is 0.299 e. The number of rotatable bonds is 3. The Morgan fingerprint density at radius 3 is 2.76 bits per heavy atom. The number of ether oxygens (including phenoxy) is 1. The lowest BCUT2D eigenvalue weighted by atomic mass is 10.1. The molecule has 0 saturated carbocycles. The van der Waals surface area contributed by atoms with Crippen molar-refractivity contribution in [2.75, 3.05) is 18.6 Å². The van der Waals surface area contributed by atoms with Crippen molar-refractivity contribution in [3.05, 3.63) is 29.6 Å². The molecule has 0 spiro atoms. The molecule has 0 N–H and O–H groups in total. The molecule has 1 aliphatic rings. The van der Waals surface area contributed by atoms with Crippen LogP contribution in [-0.2, 0) is 9.53 Å². The van der Waals surface area contributed by atoms with E-state index in [0.717, 1.165) is 6.07 Å². The molecular weight excluding hydrogens is 225 g/mol. The third kappa shape index (κ3) is 1.93. The van der Waals surface area contributed by atoms with Crippen molar-refractivity contribution in [2.45, 2.75) is 13.0 Å². The third-order valence-electron chi connectivity index (χ3n) is 2.78. The van der Waals surface area contributed by atoms with Crippen LogP contribution in [0.1, 0.15) is 17.3 Å². The Hall–Kier alpha value is -1.75. The molecule has 0 bridgehead atoms. The number of carbonyl (C=O) groups is 2. The first kappa shape index (κ1) is 11.7. The maximum Gasteiger partial charge on any atom is 0.299 e. The van der Waals surface area contributed by atoms with Crippen LogP contribution in [-0.4, -0.2) is 31.4 Å². The SMILES string of the molecule is COC(C)CN1C(=O)C(=O)c2cc(F)ccc21. The molecular formula is C12H12FNO3. The minimum Gasteiger partial charge on any atom is -0.380 e. The molecule has 0 radical (unpaired) electrons. The van der Waals surface area contributed by atoms with Crippen LogP contribution in [0.25, 0.3) is 0 Å². The van der Waals surface area contributed by atoms with Crippen molar-refractivity contribution in [1.29, 1.82) is 0 Å². The van der Waals surface area contributed by atoms with E-state index in [4.69, 9.17) is 4.74 Å². The van der Waals surface area contributed by atoms with Gasteiger partial charge < -0.3 is 9.64 Å². The minimum atomic E-state index is -0.664. The topological polar surface area (TPSA) is 46.6 Å². The zero-order valence-electron chi connectivity index (χ0n) is 9.57. The van der Waals surface area contributed by atoms with E-state index in [1.54, 1.807) is 6.92 Å². The highest BCUT2D eigenvalue weighted by Gasteiger charge is 2.36. The second kappa shape index (κ2) is 4.25. The number of fused-ring (bicyclic) bond motifs is 1. The van der Waals surface area contributed by atoms with Gasteiger partial charge in [-0.1, -0.05) is 0 Å². The number of Topliss-reactive ketones (excluding diaryl/α,β-unsaturated/α-hetero) is 1. The van der Waals surface area contributed by atoms with E-state index in [1.165, 1.54) is 24.1 Å². The number of amides is 1. The van der Waals surface area contributed by atoms with Crippen molar-refractivity contribution >= 4 is 17.4 Å². The lowest BCUT2D eigenvalue weighted by molar-refractivity contribution is -0.114. The van der Waals surface area contributed by atoms with Gasteiger partial charge in [0.05, 0.1) is 23.9 Å². The zero-order valence-corrected chi connectivity index (χ0v) is 9.57. The van der Waals surface area contributed by atoms with Crippen LogP contribution in [0.2, 0.25) is 0 Å². The zero-order chi connectivity index (χ0) is 12.6. The van der Waals surface area contributed by atoms with E-state index in [9.17, 15) is 14.0 Å². The van der Waals surface area contributed by atoms with Gasteiger partial charge in [0.25, 0.3) is 11.7 Å². The van der Waals surface area contributed by atoms with Gasteiger partial charge >= 0.3 is 0 Å². The summed E-state index contributed by atoms with van der Waals surface area (Å²) in [5.74, 6) is -1.82. The molecule has 1 unspecified atom stereocenters. The van der Waals surface area contributed by atoms with Gasteiger partial charge in [-0.15, -0.1) is 0 Å². The summed E-state index contributed by atoms with van der Waals surface area (Å²) in [6, 6.07) is 3.76. The summed E-state index contributed by atoms with van der Waals surface area (Å²) >= 11 is 0. The molecule has 1 heterocycles. The van der Waals surface area contributed by atoms with E-state index >= 15 is 0 Å². The summed E-state index contributed by atoms with van der Waals surface area (Å²) in [6.07, 6.45) is -0.192. The van der Waals surface area contributed by atoms with Gasteiger partial charge in [-0.3, -0.25) is 9.59 Å². The quantitative estimate of drug-likeness (QED) is 0.746. The second-order valence-corrected chi connectivity index (χ2v) is 3.95. The summed E-state index contributed by atoms with van der Waals surface area (Å²) in [7, 11) is 1.53. The van der Waals surface area contributed by atoms with E-state index in [2.05, 4.69) is 0 Å². The maximum absolute atomic E-state index is 13.0. The molecule has 1 aromatic rings. The highest BCUT2D eigenvalue weighted by molar-refractivity contribution is 6.52. The number of halogens is 1. The van der Waals surface area contributed by atoms with Crippen molar-refractivity contribution in [2.24, 2.45) is 0 Å². The molecule has 90 valence electrons. The van der Waals surface area contributed by atoms with Crippen molar-refractivity contribution < 1.29 is 18.7 Å². The molecule has 0 aliphatic carbocycles. The molecule has 17 heavy (non-hydrogen) atoms. The Balaban J connectivity index is 2.38. The number of anilines is 1. The summed E-state index contributed by atoms with van der Waals surface area (Å²) in [5, 5.41) is 0. The fourth-order valence-electron chi connectivity index (χ4n) is 1.79. The molecule has 1 atom stereocenters. The van der Waals surface area contributed by atoms with E-state index < -0.39 is 17.5 Å². The van der Waals surface area contributed by atoms with Gasteiger partial charge in [0.15, 0.2) is 0 Å². The van der Waals surface area contributed by atoms with Crippen LogP contribution < -0.4 is 4.90 Å². The minimum absolute atomic E-state index is 0.123. The monoisotopic (exact) mass is 237 g/mol. The molecule has 0 aromatic heterocycles. The Morgan fingerprint density at radius 1 is 1.41 bits per heavy atom. The number of ketones is 1. The normalized spacial score (nSPS) is 16.3. The predicted molar refractivity (Wildman–Crippen MR) is 59.6 cm³/mol. The third-order valence-corrected chi connectivity index (χ3v) is 2.78. The Bertz CT molecular complexity index is 487. The van der Waals surface area contributed by atoms with Crippen molar-refractivity contribution in [1.82, 2.24) is 0 Å². The molecule has 4 nitrogen and oxygen atoms in total. The molecule has 0 fully saturated rings. The van der Waals surface area contributed by atoms with E-state index in [0.29, 0.717) is 5.69 Å². The highest BCUT2D eigenvalue weighted by Crippen LogP contribution is 2.29. The van der Waals surface area contributed by atoms with Crippen molar-refractivity contribution in [3.8, 4) is 0 Å². The Labute approximate surface area is 98.0 Å². The number of carbonyl (C=O) groups excluding carboxylic acids is 2. The summed E-state index contributed by atoms with van der Waals surface area (Å²) < 4.78 is 18.1. The fourth-order valence-corrected chi connectivity index (χ4v) is 1.79. The van der Waals surface area contributed by atoms with Gasteiger partial charge in [0, 0.05) is 7.11 Å². The standard InChI is InChI=1S/C12H12FNO3/c1-7(17-2)6-14-10-4-3-8(13)5-9(10)11(15)12(14)16/h3-5,7H,6H2,1-2H3. The number of benzene rings is 1. The van der Waals surface area contributed by atoms with Crippen LogP contribution in [0.5, 0.6) is 0 Å². The first-order valence-corrected chi connectivity index (χ1v) is 5.23. The van der Waals surface area contributed by atoms with Crippen LogP contribution in [0.4, 0.5) is 10.1 Å². The molecule has 0 saturated heterocycles. The number of nitrogens with zero attached hydrogens (tertiary/aromatic N) is 1. The Kier molecular flexibility index (Phi) is 2.93. The lowest BCUT2D eigenvalue weighted by Crippen LogP contribution is -2.36. The number of methoxy groups -OCH3 is 1. The van der Waals surface area contributed by atoms with Crippen LogP contribution in [0, 0.1) is 5.82 Å². The first-order valence-electron chi connectivity index (χ1n) is 5.23. The maximum atomic E-state index is 13.0. The van der Waals surface area contributed by atoms with E-state index in [1.807, 2.05) is 0 Å². The summed E-state index contributed by atoms with van der Waals surface area (Å²) in [5.41, 5.74) is 0.573.